The Bertz CT molecular complexity index is 1230. The summed E-state index contributed by atoms with van der Waals surface area (Å²) in [6, 6.07) is 25.2. The molecule has 25 heavy (non-hydrogen) atoms. The maximum Gasteiger partial charge on any atom is 0.106 e. The summed E-state index contributed by atoms with van der Waals surface area (Å²) in [6.07, 6.45) is 1.87. The van der Waals surface area contributed by atoms with E-state index >= 15 is 0 Å². The Hall–Kier alpha value is -2.78. The van der Waals surface area contributed by atoms with Crippen LogP contribution in [0.5, 0.6) is 0 Å². The Labute approximate surface area is 153 Å². The minimum atomic E-state index is 0.826. The summed E-state index contributed by atoms with van der Waals surface area (Å²) in [5.41, 5.74) is 3.00. The molecule has 0 N–H and O–H groups in total. The van der Waals surface area contributed by atoms with Crippen molar-refractivity contribution in [1.82, 2.24) is 9.97 Å². The molecule has 0 fully saturated rings. The third kappa shape index (κ3) is 2.31. The molecule has 5 aromatic rings. The van der Waals surface area contributed by atoms with Gasteiger partial charge in [0.05, 0.1) is 11.2 Å². The molecule has 2 nitrogen and oxygen atoms in total. The van der Waals surface area contributed by atoms with E-state index < -0.39 is 0 Å². The molecule has 0 aliphatic rings. The van der Waals surface area contributed by atoms with E-state index in [2.05, 4.69) is 81.6 Å². The molecule has 0 aliphatic carbocycles. The zero-order chi connectivity index (χ0) is 16.8. The van der Waals surface area contributed by atoms with Crippen molar-refractivity contribution in [3.63, 3.8) is 0 Å². The summed E-state index contributed by atoms with van der Waals surface area (Å²) >= 11 is 3.41. The average Bonchev–Trinajstić information content (AvgIpc) is 2.67. The zero-order valence-corrected chi connectivity index (χ0v) is 14.9. The Morgan fingerprint density at radius 2 is 1.48 bits per heavy atom. The van der Waals surface area contributed by atoms with Crippen molar-refractivity contribution in [3.8, 4) is 11.3 Å². The molecular formula is C22H13BrN2. The molecule has 0 saturated carbocycles. The van der Waals surface area contributed by atoms with E-state index in [0.29, 0.717) is 0 Å². The Balaban J connectivity index is 2.01. The number of halogens is 1. The standard InChI is InChI=1S/C22H13BrN2/c23-20-12-10-15(13-24-20)22-18-11-9-14-5-1-2-6-16(14)21(18)17-7-3-4-8-19(17)25-22/h1-13H. The highest BCUT2D eigenvalue weighted by Crippen LogP contribution is 2.36. The first-order valence-electron chi connectivity index (χ1n) is 8.13. The summed E-state index contributed by atoms with van der Waals surface area (Å²) in [5, 5.41) is 6.09. The van der Waals surface area contributed by atoms with E-state index in [1.165, 1.54) is 21.5 Å². The lowest BCUT2D eigenvalue weighted by atomic mass is 9.96. The first kappa shape index (κ1) is 14.6. The van der Waals surface area contributed by atoms with Gasteiger partial charge in [-0.3, -0.25) is 0 Å². The molecule has 118 valence electrons. The molecule has 0 saturated heterocycles. The van der Waals surface area contributed by atoms with Gasteiger partial charge in [0.15, 0.2) is 0 Å². The first-order chi connectivity index (χ1) is 12.3. The number of para-hydroxylation sites is 1. The van der Waals surface area contributed by atoms with Gasteiger partial charge in [-0.1, -0.05) is 54.6 Å². The van der Waals surface area contributed by atoms with Gasteiger partial charge in [0, 0.05) is 27.9 Å². The van der Waals surface area contributed by atoms with Crippen molar-refractivity contribution in [3.05, 3.63) is 83.6 Å². The second-order valence-electron chi connectivity index (χ2n) is 6.06. The largest absolute Gasteiger partial charge is 0.249 e. The summed E-state index contributed by atoms with van der Waals surface area (Å²) in [4.78, 5) is 9.34. The number of aromatic nitrogens is 2. The van der Waals surface area contributed by atoms with Crippen LogP contribution in [0.4, 0.5) is 0 Å². The van der Waals surface area contributed by atoms with Crippen molar-refractivity contribution in [1.29, 1.82) is 0 Å². The van der Waals surface area contributed by atoms with E-state index in [1.807, 2.05) is 18.3 Å². The fourth-order valence-electron chi connectivity index (χ4n) is 3.46. The fourth-order valence-corrected chi connectivity index (χ4v) is 3.69. The lowest BCUT2D eigenvalue weighted by Crippen LogP contribution is -1.91. The van der Waals surface area contributed by atoms with E-state index in [0.717, 1.165) is 26.8 Å². The van der Waals surface area contributed by atoms with Crippen molar-refractivity contribution in [2.75, 3.05) is 0 Å². The van der Waals surface area contributed by atoms with Gasteiger partial charge in [-0.2, -0.15) is 0 Å². The normalized spacial score (nSPS) is 11.4. The Kier molecular flexibility index (Phi) is 3.28. The van der Waals surface area contributed by atoms with E-state index in [4.69, 9.17) is 4.98 Å². The third-order valence-electron chi connectivity index (χ3n) is 4.59. The molecule has 0 amide bonds. The third-order valence-corrected chi connectivity index (χ3v) is 5.06. The van der Waals surface area contributed by atoms with Gasteiger partial charge in [0.25, 0.3) is 0 Å². The average molecular weight is 385 g/mol. The van der Waals surface area contributed by atoms with E-state index in [-0.39, 0.29) is 0 Å². The number of hydrogen-bond acceptors (Lipinski definition) is 2. The van der Waals surface area contributed by atoms with E-state index in [1.54, 1.807) is 0 Å². The summed E-state index contributed by atoms with van der Waals surface area (Å²) < 4.78 is 0.826. The maximum atomic E-state index is 4.95. The molecule has 0 unspecified atom stereocenters. The highest BCUT2D eigenvalue weighted by molar-refractivity contribution is 9.10. The second-order valence-corrected chi connectivity index (χ2v) is 6.87. The van der Waals surface area contributed by atoms with Crippen LogP contribution in [-0.2, 0) is 0 Å². The summed E-state index contributed by atoms with van der Waals surface area (Å²) in [5.74, 6) is 0. The minimum Gasteiger partial charge on any atom is -0.249 e. The molecule has 2 heterocycles. The lowest BCUT2D eigenvalue weighted by molar-refractivity contribution is 1.27. The van der Waals surface area contributed by atoms with Crippen LogP contribution in [0.2, 0.25) is 0 Å². The monoisotopic (exact) mass is 384 g/mol. The minimum absolute atomic E-state index is 0.826. The van der Waals surface area contributed by atoms with Crippen LogP contribution >= 0.6 is 15.9 Å². The fraction of sp³-hybridized carbons (Fsp3) is 0. The molecule has 0 spiro atoms. The number of rotatable bonds is 1. The topological polar surface area (TPSA) is 25.8 Å². The second kappa shape index (κ2) is 5.64. The van der Waals surface area contributed by atoms with Crippen LogP contribution in [0.1, 0.15) is 0 Å². The van der Waals surface area contributed by atoms with Gasteiger partial charge in [0.2, 0.25) is 0 Å². The number of pyridine rings is 2. The van der Waals surface area contributed by atoms with Crippen LogP contribution in [-0.4, -0.2) is 9.97 Å². The van der Waals surface area contributed by atoms with Crippen molar-refractivity contribution >= 4 is 48.4 Å². The van der Waals surface area contributed by atoms with Crippen LogP contribution < -0.4 is 0 Å². The zero-order valence-electron chi connectivity index (χ0n) is 13.3. The lowest BCUT2D eigenvalue weighted by Gasteiger charge is -2.12. The number of nitrogens with zero attached hydrogens (tertiary/aromatic N) is 2. The summed E-state index contributed by atoms with van der Waals surface area (Å²) in [7, 11) is 0. The van der Waals surface area contributed by atoms with Crippen molar-refractivity contribution in [2.24, 2.45) is 0 Å². The quantitative estimate of drug-likeness (QED) is 0.248. The highest BCUT2D eigenvalue weighted by Gasteiger charge is 2.12. The predicted octanol–water partition coefficient (Wildman–Crippen LogP) is 6.37. The molecule has 0 atom stereocenters. The Morgan fingerprint density at radius 1 is 0.680 bits per heavy atom. The molecular weight excluding hydrogens is 372 g/mol. The number of hydrogen-bond donors (Lipinski definition) is 0. The number of fused-ring (bicyclic) bond motifs is 5. The summed E-state index contributed by atoms with van der Waals surface area (Å²) in [6.45, 7) is 0. The predicted molar refractivity (Wildman–Crippen MR) is 108 cm³/mol. The van der Waals surface area contributed by atoms with E-state index in [9.17, 15) is 0 Å². The molecule has 3 aromatic carbocycles. The number of benzene rings is 3. The van der Waals surface area contributed by atoms with Crippen LogP contribution in [0.15, 0.2) is 83.6 Å². The van der Waals surface area contributed by atoms with Crippen LogP contribution in [0.25, 0.3) is 43.7 Å². The van der Waals surface area contributed by atoms with Gasteiger partial charge in [-0.25, -0.2) is 9.97 Å². The van der Waals surface area contributed by atoms with Gasteiger partial charge in [-0.15, -0.1) is 0 Å². The van der Waals surface area contributed by atoms with Crippen molar-refractivity contribution in [2.45, 2.75) is 0 Å². The maximum absolute atomic E-state index is 4.95. The molecule has 0 aliphatic heterocycles. The molecule has 2 aromatic heterocycles. The van der Waals surface area contributed by atoms with Crippen molar-refractivity contribution < 1.29 is 0 Å². The molecule has 3 heteroatoms. The smallest absolute Gasteiger partial charge is 0.106 e. The Morgan fingerprint density at radius 3 is 2.32 bits per heavy atom. The molecule has 5 rings (SSSR count). The SMILES string of the molecule is Brc1ccc(-c2nc3ccccc3c3c2ccc2ccccc23)cn1. The van der Waals surface area contributed by atoms with Crippen LogP contribution in [0.3, 0.4) is 0 Å². The van der Waals surface area contributed by atoms with Gasteiger partial charge >= 0.3 is 0 Å². The highest BCUT2D eigenvalue weighted by atomic mass is 79.9. The molecule has 0 radical (unpaired) electrons. The molecule has 0 bridgehead atoms. The van der Waals surface area contributed by atoms with Crippen LogP contribution in [0, 0.1) is 0 Å². The van der Waals surface area contributed by atoms with Gasteiger partial charge in [-0.05, 0) is 44.9 Å². The first-order valence-corrected chi connectivity index (χ1v) is 8.93. The van der Waals surface area contributed by atoms with Gasteiger partial charge < -0.3 is 0 Å². The van der Waals surface area contributed by atoms with Gasteiger partial charge in [0.1, 0.15) is 4.60 Å².